The lowest BCUT2D eigenvalue weighted by Crippen LogP contribution is -2.29. The SMILES string of the molecule is CC1(c2ccc(-c3ccccc3)cc2)c2ccccc2Oc2ccccc21. The molecule has 0 bridgehead atoms. The van der Waals surface area contributed by atoms with Crippen molar-refractivity contribution in [3.05, 3.63) is 120 Å². The standard InChI is InChI=1S/C26H20O/c1-26(21-17-15-20(16-18-21)19-9-3-2-4-10-19)22-11-5-7-13-24(22)27-25-14-8-6-12-23(25)26/h2-18H,1H3. The molecule has 0 spiro atoms. The molecule has 1 aliphatic heterocycles. The summed E-state index contributed by atoms with van der Waals surface area (Å²) in [4.78, 5) is 0. The quantitative estimate of drug-likeness (QED) is 0.386. The van der Waals surface area contributed by atoms with E-state index in [1.54, 1.807) is 0 Å². The third kappa shape index (κ3) is 2.47. The van der Waals surface area contributed by atoms with Gasteiger partial charge in [0.2, 0.25) is 0 Å². The van der Waals surface area contributed by atoms with Gasteiger partial charge in [-0.1, -0.05) is 91.0 Å². The van der Waals surface area contributed by atoms with Crippen LogP contribution in [0.15, 0.2) is 103 Å². The first kappa shape index (κ1) is 15.9. The highest BCUT2D eigenvalue weighted by molar-refractivity contribution is 5.67. The van der Waals surface area contributed by atoms with Gasteiger partial charge in [0.15, 0.2) is 0 Å². The zero-order valence-electron chi connectivity index (χ0n) is 15.2. The molecule has 0 unspecified atom stereocenters. The van der Waals surface area contributed by atoms with E-state index in [-0.39, 0.29) is 5.41 Å². The molecule has 1 aliphatic rings. The van der Waals surface area contributed by atoms with Crippen LogP contribution in [0.25, 0.3) is 11.1 Å². The van der Waals surface area contributed by atoms with Crippen LogP contribution in [0.4, 0.5) is 0 Å². The van der Waals surface area contributed by atoms with Crippen molar-refractivity contribution in [1.82, 2.24) is 0 Å². The number of rotatable bonds is 2. The van der Waals surface area contributed by atoms with E-state index in [1.165, 1.54) is 27.8 Å². The molecular formula is C26H20O. The molecule has 4 aromatic carbocycles. The highest BCUT2D eigenvalue weighted by Gasteiger charge is 2.39. The van der Waals surface area contributed by atoms with Crippen molar-refractivity contribution in [1.29, 1.82) is 0 Å². The van der Waals surface area contributed by atoms with Crippen molar-refractivity contribution in [2.45, 2.75) is 12.3 Å². The van der Waals surface area contributed by atoms with E-state index in [2.05, 4.69) is 97.9 Å². The van der Waals surface area contributed by atoms with Crippen LogP contribution in [0.3, 0.4) is 0 Å². The first-order valence-corrected chi connectivity index (χ1v) is 9.29. The second kappa shape index (κ2) is 6.14. The van der Waals surface area contributed by atoms with E-state index in [4.69, 9.17) is 4.74 Å². The summed E-state index contributed by atoms with van der Waals surface area (Å²) in [5.41, 5.74) is 5.90. The second-order valence-electron chi connectivity index (χ2n) is 7.16. The maximum absolute atomic E-state index is 6.19. The number of para-hydroxylation sites is 2. The van der Waals surface area contributed by atoms with Crippen molar-refractivity contribution in [2.75, 3.05) is 0 Å². The minimum atomic E-state index is -0.249. The van der Waals surface area contributed by atoms with E-state index in [1.807, 2.05) is 12.1 Å². The van der Waals surface area contributed by atoms with Gasteiger partial charge in [-0.2, -0.15) is 0 Å². The molecule has 1 nitrogen and oxygen atoms in total. The molecule has 0 radical (unpaired) electrons. The van der Waals surface area contributed by atoms with Crippen LogP contribution in [0.2, 0.25) is 0 Å². The molecule has 0 saturated heterocycles. The molecule has 0 aliphatic carbocycles. The highest BCUT2D eigenvalue weighted by Crippen LogP contribution is 2.51. The predicted octanol–water partition coefficient (Wildman–Crippen LogP) is 6.81. The van der Waals surface area contributed by atoms with Gasteiger partial charge < -0.3 is 4.74 Å². The average Bonchev–Trinajstić information content (AvgIpc) is 2.75. The second-order valence-corrected chi connectivity index (χ2v) is 7.16. The van der Waals surface area contributed by atoms with Gasteiger partial charge in [-0.05, 0) is 35.7 Å². The summed E-state index contributed by atoms with van der Waals surface area (Å²) in [5, 5.41) is 0. The fourth-order valence-electron chi connectivity index (χ4n) is 4.14. The lowest BCUT2D eigenvalue weighted by molar-refractivity contribution is 0.427. The maximum Gasteiger partial charge on any atom is 0.131 e. The fraction of sp³-hybridized carbons (Fsp3) is 0.0769. The summed E-state index contributed by atoms with van der Waals surface area (Å²) < 4.78 is 6.19. The minimum absolute atomic E-state index is 0.249. The highest BCUT2D eigenvalue weighted by atomic mass is 16.5. The van der Waals surface area contributed by atoms with Gasteiger partial charge in [-0.3, -0.25) is 0 Å². The molecular weight excluding hydrogens is 328 g/mol. The minimum Gasteiger partial charge on any atom is -0.457 e. The molecule has 0 saturated carbocycles. The van der Waals surface area contributed by atoms with Crippen LogP contribution < -0.4 is 4.74 Å². The van der Waals surface area contributed by atoms with Crippen molar-refractivity contribution >= 4 is 0 Å². The summed E-state index contributed by atoms with van der Waals surface area (Å²) >= 11 is 0. The van der Waals surface area contributed by atoms with E-state index in [0.717, 1.165) is 11.5 Å². The lowest BCUT2D eigenvalue weighted by Gasteiger charge is -2.38. The first-order chi connectivity index (χ1) is 13.3. The van der Waals surface area contributed by atoms with E-state index >= 15 is 0 Å². The summed E-state index contributed by atoms with van der Waals surface area (Å²) in [7, 11) is 0. The largest absolute Gasteiger partial charge is 0.457 e. The van der Waals surface area contributed by atoms with Gasteiger partial charge in [0.1, 0.15) is 11.5 Å². The van der Waals surface area contributed by atoms with Gasteiger partial charge in [0.25, 0.3) is 0 Å². The number of hydrogen-bond donors (Lipinski definition) is 0. The van der Waals surface area contributed by atoms with Crippen molar-refractivity contribution in [3.8, 4) is 22.6 Å². The van der Waals surface area contributed by atoms with Gasteiger partial charge in [0.05, 0.1) is 0 Å². The van der Waals surface area contributed by atoms with Crippen molar-refractivity contribution in [2.24, 2.45) is 0 Å². The summed E-state index contributed by atoms with van der Waals surface area (Å²) in [5.74, 6) is 1.87. The maximum atomic E-state index is 6.19. The Bertz CT molecular complexity index is 1050. The van der Waals surface area contributed by atoms with Crippen LogP contribution >= 0.6 is 0 Å². The van der Waals surface area contributed by atoms with Crippen molar-refractivity contribution in [3.63, 3.8) is 0 Å². The Hall–Kier alpha value is -3.32. The molecule has 0 aromatic heterocycles. The Labute approximate surface area is 159 Å². The molecule has 0 N–H and O–H groups in total. The Morgan fingerprint density at radius 3 is 1.59 bits per heavy atom. The van der Waals surface area contributed by atoms with E-state index in [9.17, 15) is 0 Å². The van der Waals surface area contributed by atoms with Crippen LogP contribution in [-0.2, 0) is 5.41 Å². The lowest BCUT2D eigenvalue weighted by atomic mass is 9.69. The van der Waals surface area contributed by atoms with Gasteiger partial charge in [0, 0.05) is 16.5 Å². The Kier molecular flexibility index (Phi) is 3.61. The van der Waals surface area contributed by atoms with Gasteiger partial charge in [-0.25, -0.2) is 0 Å². The summed E-state index contributed by atoms with van der Waals surface area (Å²) in [6.07, 6.45) is 0. The molecule has 1 heteroatoms. The number of hydrogen-bond acceptors (Lipinski definition) is 1. The number of ether oxygens (including phenoxy) is 1. The van der Waals surface area contributed by atoms with E-state index in [0.29, 0.717) is 0 Å². The van der Waals surface area contributed by atoms with Gasteiger partial charge >= 0.3 is 0 Å². The van der Waals surface area contributed by atoms with Crippen LogP contribution in [0.5, 0.6) is 11.5 Å². The topological polar surface area (TPSA) is 9.23 Å². The van der Waals surface area contributed by atoms with Crippen LogP contribution in [-0.4, -0.2) is 0 Å². The number of benzene rings is 4. The number of fused-ring (bicyclic) bond motifs is 2. The smallest absolute Gasteiger partial charge is 0.131 e. The predicted molar refractivity (Wildman–Crippen MR) is 110 cm³/mol. The molecule has 5 rings (SSSR count). The van der Waals surface area contributed by atoms with Gasteiger partial charge in [-0.15, -0.1) is 0 Å². The third-order valence-electron chi connectivity index (χ3n) is 5.64. The zero-order valence-corrected chi connectivity index (χ0v) is 15.2. The van der Waals surface area contributed by atoms with E-state index < -0.39 is 0 Å². The molecule has 0 fully saturated rings. The Balaban J connectivity index is 1.68. The molecule has 130 valence electrons. The first-order valence-electron chi connectivity index (χ1n) is 9.29. The monoisotopic (exact) mass is 348 g/mol. The zero-order chi connectivity index (χ0) is 18.3. The van der Waals surface area contributed by atoms with Crippen molar-refractivity contribution < 1.29 is 4.74 Å². The summed E-state index contributed by atoms with van der Waals surface area (Å²) in [6, 6.07) is 36.2. The normalized spacial score (nSPS) is 14.0. The third-order valence-corrected chi connectivity index (χ3v) is 5.64. The molecule has 27 heavy (non-hydrogen) atoms. The summed E-state index contributed by atoms with van der Waals surface area (Å²) in [6.45, 7) is 2.30. The Morgan fingerprint density at radius 1 is 0.519 bits per heavy atom. The van der Waals surface area contributed by atoms with Crippen LogP contribution in [0, 0.1) is 0 Å². The molecule has 0 atom stereocenters. The average molecular weight is 348 g/mol. The molecule has 1 heterocycles. The molecule has 0 amide bonds. The Morgan fingerprint density at radius 2 is 1.00 bits per heavy atom. The molecule has 4 aromatic rings. The fourth-order valence-corrected chi connectivity index (χ4v) is 4.14. The van der Waals surface area contributed by atoms with Crippen LogP contribution in [0.1, 0.15) is 23.6 Å².